The highest BCUT2D eigenvalue weighted by molar-refractivity contribution is 5.80. The van der Waals surface area contributed by atoms with Crippen LogP contribution in [0.1, 0.15) is 12.8 Å². The third-order valence-corrected chi connectivity index (χ3v) is 5.05. The first kappa shape index (κ1) is 14.9. The molecule has 2 saturated heterocycles. The second-order valence-corrected chi connectivity index (χ2v) is 6.73. The number of ether oxygens (including phenoxy) is 1. The fraction of sp³-hybridized carbons (Fsp3) is 0.526. The van der Waals surface area contributed by atoms with Gasteiger partial charge in [-0.1, -0.05) is 18.2 Å². The minimum Gasteiger partial charge on any atom is -0.379 e. The smallest absolute Gasteiger partial charge is 0.129 e. The Hall–Kier alpha value is -1.65. The third kappa shape index (κ3) is 3.48. The van der Waals surface area contributed by atoms with E-state index in [9.17, 15) is 0 Å². The molecule has 2 fully saturated rings. The van der Waals surface area contributed by atoms with Gasteiger partial charge in [0.05, 0.1) is 18.7 Å². The van der Waals surface area contributed by atoms with Crippen LogP contribution in [0.5, 0.6) is 0 Å². The van der Waals surface area contributed by atoms with Crippen LogP contribution >= 0.6 is 0 Å². The van der Waals surface area contributed by atoms with E-state index in [4.69, 9.17) is 9.72 Å². The van der Waals surface area contributed by atoms with Gasteiger partial charge in [0.25, 0.3) is 0 Å². The molecule has 0 aliphatic carbocycles. The van der Waals surface area contributed by atoms with Crippen molar-refractivity contribution in [3.63, 3.8) is 0 Å². The molecule has 0 amide bonds. The van der Waals surface area contributed by atoms with Gasteiger partial charge >= 0.3 is 0 Å². The molecule has 2 aliphatic rings. The van der Waals surface area contributed by atoms with Gasteiger partial charge in [-0.2, -0.15) is 0 Å². The minimum atomic E-state index is 0.745. The van der Waals surface area contributed by atoms with Gasteiger partial charge in [0.15, 0.2) is 0 Å². The molecule has 2 aromatic rings. The normalized spacial score (nSPS) is 23.3. The monoisotopic (exact) mass is 311 g/mol. The summed E-state index contributed by atoms with van der Waals surface area (Å²) in [7, 11) is 0. The van der Waals surface area contributed by atoms with Gasteiger partial charge in [-0.25, -0.2) is 4.98 Å². The molecule has 0 saturated carbocycles. The molecule has 1 unspecified atom stereocenters. The van der Waals surface area contributed by atoms with Crippen LogP contribution in [-0.4, -0.2) is 55.8 Å². The largest absolute Gasteiger partial charge is 0.379 e. The van der Waals surface area contributed by atoms with Gasteiger partial charge in [-0.3, -0.25) is 4.90 Å². The number of fused-ring (bicyclic) bond motifs is 1. The average molecular weight is 311 g/mol. The summed E-state index contributed by atoms with van der Waals surface area (Å²) in [5.41, 5.74) is 1.10. The molecule has 0 bridgehead atoms. The Labute approximate surface area is 138 Å². The van der Waals surface area contributed by atoms with Crippen molar-refractivity contribution in [3.8, 4) is 0 Å². The van der Waals surface area contributed by atoms with Crippen molar-refractivity contribution in [1.29, 1.82) is 0 Å². The average Bonchev–Trinajstić information content (AvgIpc) is 2.62. The summed E-state index contributed by atoms with van der Waals surface area (Å²) in [5.74, 6) is 1.88. The van der Waals surface area contributed by atoms with Crippen molar-refractivity contribution in [2.45, 2.75) is 12.8 Å². The summed E-state index contributed by atoms with van der Waals surface area (Å²) in [6.07, 6.45) is 2.60. The Morgan fingerprint density at radius 1 is 1.04 bits per heavy atom. The molecular weight excluding hydrogens is 286 g/mol. The van der Waals surface area contributed by atoms with Crippen LogP contribution in [0.3, 0.4) is 0 Å². The summed E-state index contributed by atoms with van der Waals surface area (Å²) >= 11 is 0. The molecular formula is C19H25N3O. The Morgan fingerprint density at radius 3 is 2.83 bits per heavy atom. The number of rotatable bonds is 3. The molecule has 2 aliphatic heterocycles. The number of aromatic nitrogens is 1. The lowest BCUT2D eigenvalue weighted by Gasteiger charge is -2.37. The highest BCUT2D eigenvalue weighted by atomic mass is 16.5. The zero-order valence-electron chi connectivity index (χ0n) is 13.7. The molecule has 4 rings (SSSR count). The lowest BCUT2D eigenvalue weighted by atomic mass is 9.97. The van der Waals surface area contributed by atoms with E-state index in [-0.39, 0.29) is 0 Å². The van der Waals surface area contributed by atoms with E-state index in [0.717, 1.165) is 56.6 Å². The lowest BCUT2D eigenvalue weighted by molar-refractivity contribution is 0.0296. The molecule has 1 aromatic carbocycles. The number of pyridine rings is 1. The van der Waals surface area contributed by atoms with E-state index >= 15 is 0 Å². The number of nitrogens with zero attached hydrogens (tertiary/aromatic N) is 3. The Balaban J connectivity index is 1.45. The van der Waals surface area contributed by atoms with Gasteiger partial charge in [0.1, 0.15) is 5.82 Å². The molecule has 0 N–H and O–H groups in total. The number of para-hydroxylation sites is 1. The highest BCUT2D eigenvalue weighted by Gasteiger charge is 2.23. The number of morpholine rings is 1. The van der Waals surface area contributed by atoms with Gasteiger partial charge in [-0.15, -0.1) is 0 Å². The zero-order valence-corrected chi connectivity index (χ0v) is 13.7. The van der Waals surface area contributed by atoms with E-state index in [1.807, 2.05) is 0 Å². The van der Waals surface area contributed by atoms with E-state index in [2.05, 4.69) is 46.2 Å². The van der Waals surface area contributed by atoms with Crippen LogP contribution in [-0.2, 0) is 4.74 Å². The van der Waals surface area contributed by atoms with Crippen molar-refractivity contribution >= 4 is 16.7 Å². The first-order chi connectivity index (χ1) is 11.4. The van der Waals surface area contributed by atoms with Crippen molar-refractivity contribution < 1.29 is 4.74 Å². The van der Waals surface area contributed by atoms with Crippen LogP contribution in [0.2, 0.25) is 0 Å². The molecule has 0 radical (unpaired) electrons. The fourth-order valence-corrected chi connectivity index (χ4v) is 3.80. The van der Waals surface area contributed by atoms with Crippen LogP contribution in [0.15, 0.2) is 36.4 Å². The number of anilines is 1. The standard InChI is InChI=1S/C19H25N3O/c1-2-6-18-17(5-1)7-8-19(20-18)22-9-3-4-16(15-22)14-21-10-12-23-13-11-21/h1-2,5-8,16H,3-4,9-15H2. The maximum atomic E-state index is 5.46. The molecule has 23 heavy (non-hydrogen) atoms. The fourth-order valence-electron chi connectivity index (χ4n) is 3.80. The summed E-state index contributed by atoms with van der Waals surface area (Å²) in [4.78, 5) is 9.91. The molecule has 1 atom stereocenters. The van der Waals surface area contributed by atoms with Crippen molar-refractivity contribution in [3.05, 3.63) is 36.4 Å². The predicted molar refractivity (Wildman–Crippen MR) is 93.9 cm³/mol. The second kappa shape index (κ2) is 6.85. The quantitative estimate of drug-likeness (QED) is 0.871. The van der Waals surface area contributed by atoms with E-state index in [1.165, 1.54) is 24.8 Å². The molecule has 122 valence electrons. The first-order valence-electron chi connectivity index (χ1n) is 8.79. The maximum absolute atomic E-state index is 5.46. The second-order valence-electron chi connectivity index (χ2n) is 6.73. The molecule has 1 aromatic heterocycles. The summed E-state index contributed by atoms with van der Waals surface area (Å²) in [5, 5.41) is 1.22. The van der Waals surface area contributed by atoms with E-state index in [1.54, 1.807) is 0 Å². The molecule has 3 heterocycles. The maximum Gasteiger partial charge on any atom is 0.129 e. The SMILES string of the molecule is c1ccc2nc(N3CCCC(CN4CCOCC4)C3)ccc2c1. The lowest BCUT2D eigenvalue weighted by Crippen LogP contribution is -2.44. The van der Waals surface area contributed by atoms with Crippen molar-refractivity contribution in [2.24, 2.45) is 5.92 Å². The molecule has 4 heteroatoms. The van der Waals surface area contributed by atoms with Crippen LogP contribution in [0, 0.1) is 5.92 Å². The number of hydrogen-bond donors (Lipinski definition) is 0. The predicted octanol–water partition coefficient (Wildman–Crippen LogP) is 2.78. The van der Waals surface area contributed by atoms with Crippen molar-refractivity contribution in [2.75, 3.05) is 50.8 Å². The Morgan fingerprint density at radius 2 is 1.91 bits per heavy atom. The third-order valence-electron chi connectivity index (χ3n) is 5.05. The highest BCUT2D eigenvalue weighted by Crippen LogP contribution is 2.24. The van der Waals surface area contributed by atoms with Crippen molar-refractivity contribution in [1.82, 2.24) is 9.88 Å². The number of hydrogen-bond acceptors (Lipinski definition) is 4. The van der Waals surface area contributed by atoms with E-state index in [0.29, 0.717) is 0 Å². The summed E-state index contributed by atoms with van der Waals surface area (Å²) < 4.78 is 5.46. The first-order valence-corrected chi connectivity index (χ1v) is 8.79. The van der Waals surface area contributed by atoms with Gasteiger partial charge in [0, 0.05) is 38.1 Å². The van der Waals surface area contributed by atoms with Crippen LogP contribution < -0.4 is 4.90 Å². The Bertz CT molecular complexity index is 654. The minimum absolute atomic E-state index is 0.745. The van der Waals surface area contributed by atoms with Crippen LogP contribution in [0.4, 0.5) is 5.82 Å². The molecule has 4 nitrogen and oxygen atoms in total. The topological polar surface area (TPSA) is 28.6 Å². The number of benzene rings is 1. The zero-order chi connectivity index (χ0) is 15.5. The molecule has 0 spiro atoms. The van der Waals surface area contributed by atoms with E-state index < -0.39 is 0 Å². The van der Waals surface area contributed by atoms with Gasteiger partial charge < -0.3 is 9.64 Å². The Kier molecular flexibility index (Phi) is 4.44. The van der Waals surface area contributed by atoms with Gasteiger partial charge in [0.2, 0.25) is 0 Å². The summed E-state index contributed by atoms with van der Waals surface area (Å²) in [6, 6.07) is 12.7. The number of piperidine rings is 1. The van der Waals surface area contributed by atoms with Crippen LogP contribution in [0.25, 0.3) is 10.9 Å². The summed E-state index contributed by atoms with van der Waals surface area (Å²) in [6.45, 7) is 7.42. The van der Waals surface area contributed by atoms with Gasteiger partial charge in [-0.05, 0) is 37.0 Å².